The number of hydrogen-bond donors (Lipinski definition) is 1. The van der Waals surface area contributed by atoms with E-state index in [2.05, 4.69) is 15.3 Å². The second-order valence-corrected chi connectivity index (χ2v) is 5.75. The van der Waals surface area contributed by atoms with Crippen molar-refractivity contribution in [2.24, 2.45) is 0 Å². The third-order valence-corrected chi connectivity index (χ3v) is 4.01. The van der Waals surface area contributed by atoms with Gasteiger partial charge in [0.15, 0.2) is 0 Å². The van der Waals surface area contributed by atoms with Gasteiger partial charge in [-0.3, -0.25) is 14.6 Å². The minimum Gasteiger partial charge on any atom is -0.339 e. The van der Waals surface area contributed by atoms with Crippen molar-refractivity contribution in [1.82, 2.24) is 20.2 Å². The maximum absolute atomic E-state index is 13.8. The highest BCUT2D eigenvalue weighted by Gasteiger charge is 2.30. The zero-order chi connectivity index (χ0) is 17.8. The molecule has 1 aromatic heterocycles. The number of hydrogen-bond acceptors (Lipinski definition) is 4. The van der Waals surface area contributed by atoms with Crippen molar-refractivity contribution in [3.8, 4) is 0 Å². The highest BCUT2D eigenvalue weighted by molar-refractivity contribution is 5.96. The topological polar surface area (TPSA) is 75.2 Å². The highest BCUT2D eigenvalue weighted by Crippen LogP contribution is 2.18. The zero-order valence-electron chi connectivity index (χ0n) is 13.3. The Labute approximate surface area is 142 Å². The molecule has 2 aromatic rings. The molecule has 6 nitrogen and oxygen atoms in total. The standard InChI is InChI=1S/C17H16F2N4O2/c18-12-4-3-11(13(19)8-12)10-23-7-1-2-14(17(23)25)22-16(24)15-9-20-5-6-21-15/h3-6,8-9,14H,1-2,7,10H2,(H,22,24)/t14-/m1/s1. The van der Waals surface area contributed by atoms with Crippen LogP contribution in [0.25, 0.3) is 0 Å². The Morgan fingerprint density at radius 1 is 1.32 bits per heavy atom. The lowest BCUT2D eigenvalue weighted by atomic mass is 10.0. The number of likely N-dealkylation sites (tertiary alicyclic amines) is 1. The molecule has 1 aliphatic rings. The van der Waals surface area contributed by atoms with Crippen molar-refractivity contribution in [2.75, 3.05) is 6.54 Å². The summed E-state index contributed by atoms with van der Waals surface area (Å²) in [7, 11) is 0. The first-order valence-corrected chi connectivity index (χ1v) is 7.84. The van der Waals surface area contributed by atoms with Gasteiger partial charge in [-0.1, -0.05) is 6.07 Å². The highest BCUT2D eigenvalue weighted by atomic mass is 19.1. The van der Waals surface area contributed by atoms with E-state index < -0.39 is 23.6 Å². The van der Waals surface area contributed by atoms with E-state index in [4.69, 9.17) is 0 Å². The Morgan fingerprint density at radius 2 is 2.16 bits per heavy atom. The molecule has 1 fully saturated rings. The number of nitrogens with zero attached hydrogens (tertiary/aromatic N) is 3. The normalized spacial score (nSPS) is 17.4. The smallest absolute Gasteiger partial charge is 0.272 e. The van der Waals surface area contributed by atoms with E-state index >= 15 is 0 Å². The summed E-state index contributed by atoms with van der Waals surface area (Å²) >= 11 is 0. The summed E-state index contributed by atoms with van der Waals surface area (Å²) in [4.78, 5) is 33.8. The maximum atomic E-state index is 13.8. The molecule has 0 radical (unpaired) electrons. The van der Waals surface area contributed by atoms with Crippen LogP contribution in [0.3, 0.4) is 0 Å². The molecule has 25 heavy (non-hydrogen) atoms. The van der Waals surface area contributed by atoms with Crippen molar-refractivity contribution < 1.29 is 18.4 Å². The SMILES string of the molecule is O=C(N[C@@H]1CCCN(Cc2ccc(F)cc2F)C1=O)c1cnccn1. The molecule has 2 heterocycles. The lowest BCUT2D eigenvalue weighted by Crippen LogP contribution is -2.52. The lowest BCUT2D eigenvalue weighted by Gasteiger charge is -2.32. The average Bonchev–Trinajstić information content (AvgIpc) is 2.61. The third kappa shape index (κ3) is 3.96. The summed E-state index contributed by atoms with van der Waals surface area (Å²) in [5.41, 5.74) is 0.354. The first-order valence-electron chi connectivity index (χ1n) is 7.84. The Kier molecular flexibility index (Phi) is 4.97. The monoisotopic (exact) mass is 346 g/mol. The van der Waals surface area contributed by atoms with Gasteiger partial charge < -0.3 is 10.2 Å². The molecule has 0 bridgehead atoms. The van der Waals surface area contributed by atoms with E-state index in [9.17, 15) is 18.4 Å². The van der Waals surface area contributed by atoms with Gasteiger partial charge in [-0.05, 0) is 18.9 Å². The molecular formula is C17H16F2N4O2. The molecule has 1 aliphatic heterocycles. The van der Waals surface area contributed by atoms with Crippen LogP contribution in [-0.2, 0) is 11.3 Å². The van der Waals surface area contributed by atoms with E-state index in [0.717, 1.165) is 12.1 Å². The Hall–Kier alpha value is -2.90. The largest absolute Gasteiger partial charge is 0.339 e. The molecule has 1 N–H and O–H groups in total. The van der Waals surface area contributed by atoms with E-state index in [1.54, 1.807) is 0 Å². The first-order chi connectivity index (χ1) is 12.0. The first kappa shape index (κ1) is 16.9. The molecule has 1 atom stereocenters. The van der Waals surface area contributed by atoms with Gasteiger partial charge in [-0.2, -0.15) is 0 Å². The van der Waals surface area contributed by atoms with Crippen LogP contribution in [0.5, 0.6) is 0 Å². The summed E-state index contributed by atoms with van der Waals surface area (Å²) < 4.78 is 26.8. The number of carbonyl (C=O) groups excluding carboxylic acids is 2. The van der Waals surface area contributed by atoms with Crippen LogP contribution >= 0.6 is 0 Å². The molecule has 2 amide bonds. The van der Waals surface area contributed by atoms with Gasteiger partial charge in [-0.25, -0.2) is 13.8 Å². The summed E-state index contributed by atoms with van der Waals surface area (Å²) in [6.07, 6.45) is 5.31. The number of aromatic nitrogens is 2. The van der Waals surface area contributed by atoms with E-state index in [1.165, 1.54) is 29.6 Å². The minimum atomic E-state index is -0.702. The van der Waals surface area contributed by atoms with Crippen LogP contribution in [0.15, 0.2) is 36.8 Å². The lowest BCUT2D eigenvalue weighted by molar-refractivity contribution is -0.136. The summed E-state index contributed by atoms with van der Waals surface area (Å²) in [5, 5.41) is 2.64. The summed E-state index contributed by atoms with van der Waals surface area (Å²) in [6, 6.07) is 2.56. The fourth-order valence-electron chi connectivity index (χ4n) is 2.74. The predicted molar refractivity (Wildman–Crippen MR) is 84.3 cm³/mol. The molecule has 3 rings (SSSR count). The Bertz CT molecular complexity index is 785. The number of nitrogens with one attached hydrogen (secondary N) is 1. The van der Waals surface area contributed by atoms with Crippen LogP contribution in [0.2, 0.25) is 0 Å². The fourth-order valence-corrected chi connectivity index (χ4v) is 2.74. The van der Waals surface area contributed by atoms with Crippen LogP contribution in [0, 0.1) is 11.6 Å². The van der Waals surface area contributed by atoms with Crippen molar-refractivity contribution in [3.63, 3.8) is 0 Å². The molecular weight excluding hydrogens is 330 g/mol. The van der Waals surface area contributed by atoms with Crippen LogP contribution in [-0.4, -0.2) is 39.3 Å². The van der Waals surface area contributed by atoms with Crippen molar-refractivity contribution in [3.05, 3.63) is 59.7 Å². The number of benzene rings is 1. The molecule has 1 saturated heterocycles. The number of piperidine rings is 1. The second kappa shape index (κ2) is 7.33. The predicted octanol–water partition coefficient (Wildman–Crippen LogP) is 1.68. The number of carbonyl (C=O) groups is 2. The third-order valence-electron chi connectivity index (χ3n) is 4.01. The van der Waals surface area contributed by atoms with Gasteiger partial charge in [0.2, 0.25) is 5.91 Å². The second-order valence-electron chi connectivity index (χ2n) is 5.75. The molecule has 0 aliphatic carbocycles. The van der Waals surface area contributed by atoms with E-state index in [0.29, 0.717) is 19.4 Å². The van der Waals surface area contributed by atoms with Crippen LogP contribution < -0.4 is 5.32 Å². The zero-order valence-corrected chi connectivity index (χ0v) is 13.3. The van der Waals surface area contributed by atoms with Gasteiger partial charge in [0.1, 0.15) is 23.4 Å². The van der Waals surface area contributed by atoms with Gasteiger partial charge >= 0.3 is 0 Å². The van der Waals surface area contributed by atoms with Crippen molar-refractivity contribution in [2.45, 2.75) is 25.4 Å². The molecule has 0 unspecified atom stereocenters. The molecule has 130 valence electrons. The van der Waals surface area contributed by atoms with Gasteiger partial charge in [-0.15, -0.1) is 0 Å². The average molecular weight is 346 g/mol. The fraction of sp³-hybridized carbons (Fsp3) is 0.294. The number of amides is 2. The van der Waals surface area contributed by atoms with Crippen LogP contribution in [0.4, 0.5) is 8.78 Å². The van der Waals surface area contributed by atoms with E-state index in [1.807, 2.05) is 0 Å². The number of rotatable bonds is 4. The quantitative estimate of drug-likeness (QED) is 0.914. The molecule has 0 saturated carbocycles. The van der Waals surface area contributed by atoms with E-state index in [-0.39, 0.29) is 23.7 Å². The van der Waals surface area contributed by atoms with Gasteiger partial charge in [0.25, 0.3) is 5.91 Å². The Morgan fingerprint density at radius 3 is 2.88 bits per heavy atom. The molecule has 0 spiro atoms. The van der Waals surface area contributed by atoms with Crippen molar-refractivity contribution >= 4 is 11.8 Å². The molecule has 8 heteroatoms. The van der Waals surface area contributed by atoms with Crippen molar-refractivity contribution in [1.29, 1.82) is 0 Å². The van der Waals surface area contributed by atoms with Gasteiger partial charge in [0, 0.05) is 37.1 Å². The Balaban J connectivity index is 1.67. The summed E-state index contributed by atoms with van der Waals surface area (Å²) in [6.45, 7) is 0.482. The van der Waals surface area contributed by atoms with Gasteiger partial charge in [0.05, 0.1) is 6.20 Å². The van der Waals surface area contributed by atoms with Crippen LogP contribution in [0.1, 0.15) is 28.9 Å². The molecule has 1 aromatic carbocycles. The number of halogens is 2. The summed E-state index contributed by atoms with van der Waals surface area (Å²) in [5.74, 6) is -2.15. The maximum Gasteiger partial charge on any atom is 0.272 e. The minimum absolute atomic E-state index is 0.0302.